The van der Waals surface area contributed by atoms with Crippen LogP contribution in [0.5, 0.6) is 0 Å². The lowest BCUT2D eigenvalue weighted by atomic mass is 9.96. The number of hydrogen-bond donors (Lipinski definition) is 0. The first-order chi connectivity index (χ1) is 62.1. The van der Waals surface area contributed by atoms with Crippen LogP contribution in [0.25, 0.3) is 78.8 Å². The van der Waals surface area contributed by atoms with Crippen molar-refractivity contribution in [1.29, 1.82) is 0 Å². The molecule has 14 aromatic rings. The zero-order valence-corrected chi connectivity index (χ0v) is 76.8. The van der Waals surface area contributed by atoms with Crippen molar-refractivity contribution in [3.63, 3.8) is 0 Å². The van der Waals surface area contributed by atoms with Crippen LogP contribution in [-0.4, -0.2) is 0 Å². The fourth-order valence-electron chi connectivity index (χ4n) is 15.6. The molecule has 7 aromatic heterocycles. The van der Waals surface area contributed by atoms with Crippen molar-refractivity contribution in [3.8, 4) is 78.8 Å². The van der Waals surface area contributed by atoms with Crippen LogP contribution in [-0.2, 0) is 49.3 Å². The van der Waals surface area contributed by atoms with E-state index in [0.29, 0.717) is 11.3 Å². The maximum absolute atomic E-state index is 7.66. The van der Waals surface area contributed by atoms with E-state index >= 15 is 0 Å². The molecule has 7 heterocycles. The number of hydrogen-bond acceptors (Lipinski definition) is 0. The normalized spacial score (nSPS) is 13.0. The molecule has 119 heavy (non-hydrogen) atoms. The standard InChI is InChI=1S/7C16H20N/c2*1-11-6-9-15(13(3)10-11)16-12(2)7-8-14(4)17(16)5;2*1-11-6-7-12(2)15(10-11)16-13(3)8-9-14(4)17(16)5;2*1-11-7-6-8-15(14(11)4)16-12(2)9-10-13(3)17(16)5;1-11-7-6-8-12(2)15(11)16-13(3)9-10-14(4)17(16)5/h7*6-10H,1-5H3/q7*+1/i1D3,4D3;;4D3;;1D3,3D3;;. The molecule has 7 heteroatoms. The van der Waals surface area contributed by atoms with Gasteiger partial charge >= 0.3 is 0 Å². The van der Waals surface area contributed by atoms with Gasteiger partial charge in [-0.2, -0.15) is 32.0 Å². The van der Waals surface area contributed by atoms with Crippen molar-refractivity contribution in [2.24, 2.45) is 49.3 Å². The summed E-state index contributed by atoms with van der Waals surface area (Å²) in [6, 6.07) is 70.5. The van der Waals surface area contributed by atoms with E-state index in [9.17, 15) is 0 Å². The van der Waals surface area contributed by atoms with E-state index in [1.807, 2.05) is 53.8 Å². The van der Waals surface area contributed by atoms with Crippen LogP contribution in [0.2, 0.25) is 0 Å². The fraction of sp³-hybridized carbons (Fsp3) is 0.312. The Balaban J connectivity index is 0.000000193. The molecular weight excluding hydrogens is 1440 g/mol. The summed E-state index contributed by atoms with van der Waals surface area (Å²) in [6.07, 6.45) is 0. The molecule has 616 valence electrons. The lowest BCUT2D eigenvalue weighted by Crippen LogP contribution is -2.35. The van der Waals surface area contributed by atoms with Gasteiger partial charge < -0.3 is 0 Å². The average Bonchev–Trinajstić information content (AvgIpc) is 0.787. The third-order valence-corrected chi connectivity index (χ3v) is 23.5. The molecule has 0 saturated heterocycles. The number of benzene rings is 7. The van der Waals surface area contributed by atoms with Crippen molar-refractivity contribution < 1.29 is 52.5 Å². The van der Waals surface area contributed by atoms with Crippen LogP contribution in [0.4, 0.5) is 0 Å². The van der Waals surface area contributed by atoms with Crippen molar-refractivity contribution in [3.05, 3.63) is 369 Å². The second kappa shape index (κ2) is 40.8. The topological polar surface area (TPSA) is 27.2 Å². The highest BCUT2D eigenvalue weighted by Gasteiger charge is 2.25. The van der Waals surface area contributed by atoms with E-state index in [1.165, 1.54) is 140 Å². The lowest BCUT2D eigenvalue weighted by Gasteiger charge is -2.11. The SMILES string of the molecule is Cc1ccc(-c2c(C)ccc(C)[n+]2C)c(C)c1.Cc1ccc(C)c(-c2c(C)ccc(C)[n+]2C)c1.Cc1cccc(-c2c(C)ccc(C)[n+]2C)c1C.Cc1cccc(C)c1-c1c(C)ccc(C)[n+]1C.[2H]C([2H])([2H])c1ccc(-c2c(C)ccc(C([2H])([2H])[2H])[n+]2C)c(C)c1.[2H]C([2H])([2H])c1ccc(C)c(-c2cc(C)ccc2C)[n+]1C.[2H]C([2H])([2H])c1cccc(-c2c(C)ccc(C([2H])([2H])[2H])[n+]2C)c1C. The minimum absolute atomic E-state index is 0.219. The molecule has 0 bridgehead atoms. The van der Waals surface area contributed by atoms with Crippen LogP contribution in [0.3, 0.4) is 0 Å². The summed E-state index contributed by atoms with van der Waals surface area (Å²) < 4.78 is 129. The second-order valence-corrected chi connectivity index (χ2v) is 32.7. The first kappa shape index (κ1) is 72.8. The highest BCUT2D eigenvalue weighted by molar-refractivity contribution is 5.71. The zero-order chi connectivity index (χ0) is 101. The summed E-state index contributed by atoms with van der Waals surface area (Å²) in [6.45, 7) is 37.3. The van der Waals surface area contributed by atoms with Crippen LogP contribution < -0.4 is 32.0 Å². The molecule has 0 fully saturated rings. The van der Waals surface area contributed by atoms with E-state index in [-0.39, 0.29) is 22.5 Å². The number of rotatable bonds is 7. The molecule has 0 amide bonds. The van der Waals surface area contributed by atoms with Crippen molar-refractivity contribution in [1.82, 2.24) is 0 Å². The first-order valence-corrected chi connectivity index (χ1v) is 41.1. The van der Waals surface area contributed by atoms with Gasteiger partial charge in [0.05, 0.1) is 5.56 Å². The highest BCUT2D eigenvalue weighted by atomic mass is 15.0. The Hall–Kier alpha value is -11.4. The molecule has 0 aliphatic heterocycles. The minimum atomic E-state index is -2.23. The van der Waals surface area contributed by atoms with Gasteiger partial charge in [-0.15, -0.1) is 0 Å². The van der Waals surface area contributed by atoms with E-state index in [4.69, 9.17) is 20.6 Å². The smallest absolute Gasteiger partial charge is 0.198 e. The number of pyridine rings is 7. The molecule has 0 radical (unpaired) electrons. The van der Waals surface area contributed by atoms with Crippen molar-refractivity contribution in [2.75, 3.05) is 0 Å². The Kier molecular flexibility index (Phi) is 25.0. The Bertz CT molecular complexity index is 6590. The average molecular weight is 1600 g/mol. The summed E-state index contributed by atoms with van der Waals surface area (Å²) in [4.78, 5) is 0. The second-order valence-electron chi connectivity index (χ2n) is 32.7. The van der Waals surface area contributed by atoms with Crippen molar-refractivity contribution in [2.45, 2.75) is 194 Å². The number of nitrogens with zero attached hydrogens (tertiary/aromatic N) is 7. The Morgan fingerprint density at radius 1 is 0.168 bits per heavy atom. The van der Waals surface area contributed by atoms with Crippen LogP contribution in [0, 0.1) is 194 Å². The molecular formula is C112H140N7+7. The van der Waals surface area contributed by atoms with Crippen molar-refractivity contribution >= 4 is 0 Å². The van der Waals surface area contributed by atoms with Gasteiger partial charge in [-0.3, -0.25) is 0 Å². The third-order valence-electron chi connectivity index (χ3n) is 23.5. The first-order valence-electron chi connectivity index (χ1n) is 48.6. The molecule has 0 aliphatic rings. The maximum atomic E-state index is 7.66. The van der Waals surface area contributed by atoms with Gasteiger partial charge in [0.25, 0.3) is 0 Å². The van der Waals surface area contributed by atoms with Gasteiger partial charge in [0.15, 0.2) is 39.9 Å². The van der Waals surface area contributed by atoms with Crippen LogP contribution in [0.1, 0.15) is 177 Å². The monoisotopic (exact) mass is 1600 g/mol. The summed E-state index contributed by atoms with van der Waals surface area (Å²) >= 11 is 0. The van der Waals surface area contributed by atoms with E-state index in [0.717, 1.165) is 61.6 Å². The predicted molar refractivity (Wildman–Crippen MR) is 504 cm³/mol. The largest absolute Gasteiger partial charge is 0.215 e. The van der Waals surface area contributed by atoms with E-state index in [2.05, 4.69) is 304 Å². The van der Waals surface area contributed by atoms with Crippen LogP contribution in [0.15, 0.2) is 212 Å². The summed E-state index contributed by atoms with van der Waals surface area (Å²) in [7, 11) is 13.8. The molecule has 0 N–H and O–H groups in total. The summed E-state index contributed by atoms with van der Waals surface area (Å²) in [5.74, 6) is 0. The van der Waals surface area contributed by atoms with Gasteiger partial charge in [-0.1, -0.05) is 113 Å². The Morgan fingerprint density at radius 2 is 0.420 bits per heavy atom. The Morgan fingerprint density at radius 3 is 0.765 bits per heavy atom. The predicted octanol–water partition coefficient (Wildman–Crippen LogP) is 23.9. The molecule has 7 nitrogen and oxygen atoms in total. The molecule has 0 unspecified atom stereocenters. The number of aryl methyl sites for hydroxylation is 26. The third kappa shape index (κ3) is 22.1. The molecule has 0 atom stereocenters. The molecule has 14 rings (SSSR count). The molecule has 7 aromatic carbocycles. The molecule has 0 saturated carbocycles. The minimum Gasteiger partial charge on any atom is -0.198 e. The maximum Gasteiger partial charge on any atom is 0.215 e. The summed E-state index contributed by atoms with van der Waals surface area (Å²) in [5, 5.41) is 0. The van der Waals surface area contributed by atoms with Crippen LogP contribution >= 0.6 is 0 Å². The van der Waals surface area contributed by atoms with Gasteiger partial charge in [0.2, 0.25) is 39.9 Å². The molecule has 0 aliphatic carbocycles. The highest BCUT2D eigenvalue weighted by Crippen LogP contribution is 2.33. The zero-order valence-electron chi connectivity index (χ0n) is 91.8. The summed E-state index contributed by atoms with van der Waals surface area (Å²) in [5.41, 5.74) is 45.1. The van der Waals surface area contributed by atoms with Gasteiger partial charge in [0.1, 0.15) is 49.3 Å². The lowest BCUT2D eigenvalue weighted by molar-refractivity contribution is -0.667. The quantitative estimate of drug-likeness (QED) is 0.142. The van der Waals surface area contributed by atoms with E-state index < -0.39 is 34.3 Å². The van der Waals surface area contributed by atoms with Gasteiger partial charge in [-0.05, 0) is 280 Å². The Labute approximate surface area is 739 Å². The fourth-order valence-corrected chi connectivity index (χ4v) is 15.6. The number of aromatic nitrogens is 7. The van der Waals surface area contributed by atoms with E-state index in [1.54, 1.807) is 95.4 Å². The molecule has 0 spiro atoms. The van der Waals surface area contributed by atoms with Gasteiger partial charge in [0, 0.05) is 184 Å². The van der Waals surface area contributed by atoms with Gasteiger partial charge in [-0.25, -0.2) is 0 Å².